The van der Waals surface area contributed by atoms with Crippen LogP contribution in [0.2, 0.25) is 0 Å². The topological polar surface area (TPSA) is 50.5 Å². The summed E-state index contributed by atoms with van der Waals surface area (Å²) in [5, 5.41) is 3.36. The molecular weight excluding hydrogens is 214 g/mol. The van der Waals surface area contributed by atoms with Gasteiger partial charge in [0.1, 0.15) is 12.4 Å². The van der Waals surface area contributed by atoms with Crippen molar-refractivity contribution in [2.75, 3.05) is 37.7 Å². The Morgan fingerprint density at radius 1 is 1.24 bits per heavy atom. The van der Waals surface area contributed by atoms with E-state index in [9.17, 15) is 0 Å². The highest BCUT2D eigenvalue weighted by Crippen LogP contribution is 2.35. The number of hydrogen-bond donors (Lipinski definition) is 2. The maximum Gasteiger partial charge on any atom is 0.150 e. The highest BCUT2D eigenvalue weighted by Gasteiger charge is 2.19. The van der Waals surface area contributed by atoms with E-state index in [1.165, 1.54) is 5.69 Å². The first-order valence-electron chi connectivity index (χ1n) is 6.02. The fourth-order valence-electron chi connectivity index (χ4n) is 2.36. The summed E-state index contributed by atoms with van der Waals surface area (Å²) in [5.74, 6) is 0.976. The monoisotopic (exact) mass is 231 g/mol. The predicted octanol–water partition coefficient (Wildman–Crippen LogP) is 0.788. The van der Waals surface area contributed by atoms with Crippen LogP contribution in [0.25, 0.3) is 6.08 Å². The highest BCUT2D eigenvalue weighted by atomic mass is 16.5. The van der Waals surface area contributed by atoms with Crippen molar-refractivity contribution in [1.82, 2.24) is 5.32 Å². The molecule has 1 aromatic carbocycles. The molecule has 1 saturated heterocycles. The zero-order chi connectivity index (χ0) is 11.7. The second-order valence-electron chi connectivity index (χ2n) is 4.44. The van der Waals surface area contributed by atoms with Crippen LogP contribution in [-0.2, 0) is 0 Å². The fourth-order valence-corrected chi connectivity index (χ4v) is 2.36. The molecule has 0 aliphatic carbocycles. The van der Waals surface area contributed by atoms with Crippen molar-refractivity contribution in [2.24, 2.45) is 5.73 Å². The number of para-hydroxylation sites is 1. The van der Waals surface area contributed by atoms with E-state index < -0.39 is 0 Å². The first-order valence-corrected chi connectivity index (χ1v) is 6.02. The molecule has 90 valence electrons. The van der Waals surface area contributed by atoms with Crippen LogP contribution in [0.3, 0.4) is 0 Å². The van der Waals surface area contributed by atoms with Crippen molar-refractivity contribution < 1.29 is 4.74 Å². The molecule has 2 aliphatic rings. The molecule has 1 aromatic rings. The molecule has 0 saturated carbocycles. The molecule has 17 heavy (non-hydrogen) atoms. The van der Waals surface area contributed by atoms with Crippen LogP contribution in [-0.4, -0.2) is 32.8 Å². The quantitative estimate of drug-likeness (QED) is 0.750. The Kier molecular flexibility index (Phi) is 2.65. The molecule has 3 rings (SSSR count). The van der Waals surface area contributed by atoms with Crippen molar-refractivity contribution in [3.05, 3.63) is 29.5 Å². The number of fused-ring (bicyclic) bond motifs is 1. The van der Waals surface area contributed by atoms with Gasteiger partial charge in [0.15, 0.2) is 0 Å². The van der Waals surface area contributed by atoms with Crippen LogP contribution in [0.5, 0.6) is 5.75 Å². The maximum atomic E-state index is 5.79. The Hall–Kier alpha value is -1.68. The van der Waals surface area contributed by atoms with Gasteiger partial charge in [-0.3, -0.25) is 0 Å². The number of hydrogen-bond acceptors (Lipinski definition) is 4. The van der Waals surface area contributed by atoms with Gasteiger partial charge in [0.2, 0.25) is 0 Å². The third-order valence-corrected chi connectivity index (χ3v) is 3.21. The van der Waals surface area contributed by atoms with Crippen molar-refractivity contribution in [3.8, 4) is 5.75 Å². The zero-order valence-corrected chi connectivity index (χ0v) is 9.78. The molecule has 0 aromatic heterocycles. The average molecular weight is 231 g/mol. The molecular formula is C13H17N3O. The molecule has 0 atom stereocenters. The van der Waals surface area contributed by atoms with E-state index in [1.807, 2.05) is 12.1 Å². The van der Waals surface area contributed by atoms with Crippen LogP contribution >= 0.6 is 0 Å². The highest BCUT2D eigenvalue weighted by molar-refractivity contribution is 5.72. The zero-order valence-electron chi connectivity index (χ0n) is 9.78. The summed E-state index contributed by atoms with van der Waals surface area (Å²) in [6.45, 7) is 4.61. The molecule has 1 fully saturated rings. The van der Waals surface area contributed by atoms with Crippen LogP contribution in [0.1, 0.15) is 5.56 Å². The number of nitrogens with one attached hydrogen (secondary N) is 1. The van der Waals surface area contributed by atoms with Gasteiger partial charge in [-0.2, -0.15) is 0 Å². The lowest BCUT2D eigenvalue weighted by molar-refractivity contribution is 0.345. The lowest BCUT2D eigenvalue weighted by Gasteiger charge is -2.32. The van der Waals surface area contributed by atoms with E-state index >= 15 is 0 Å². The Labute approximate surface area is 101 Å². The summed E-state index contributed by atoms with van der Waals surface area (Å²) >= 11 is 0. The lowest BCUT2D eigenvalue weighted by Crippen LogP contribution is -2.43. The summed E-state index contributed by atoms with van der Waals surface area (Å²) in [5.41, 5.74) is 8.85. The van der Waals surface area contributed by atoms with E-state index in [0.717, 1.165) is 43.2 Å². The fraction of sp³-hybridized carbons (Fsp3) is 0.385. The second-order valence-corrected chi connectivity index (χ2v) is 4.44. The van der Waals surface area contributed by atoms with Gasteiger partial charge < -0.3 is 20.7 Å². The molecule has 0 bridgehead atoms. The number of nitrogens with zero attached hydrogens (tertiary/aromatic N) is 1. The Morgan fingerprint density at radius 3 is 2.88 bits per heavy atom. The number of piperazine rings is 1. The summed E-state index contributed by atoms with van der Waals surface area (Å²) in [6.07, 6.45) is 2.00. The van der Waals surface area contributed by atoms with Gasteiger partial charge in [0.25, 0.3) is 0 Å². The minimum Gasteiger partial charge on any atom is -0.485 e. The van der Waals surface area contributed by atoms with Crippen molar-refractivity contribution >= 4 is 11.8 Å². The molecule has 0 amide bonds. The number of anilines is 1. The minimum absolute atomic E-state index is 0.496. The summed E-state index contributed by atoms with van der Waals surface area (Å²) in [7, 11) is 0. The first-order chi connectivity index (χ1) is 8.34. The molecule has 3 N–H and O–H groups in total. The standard InChI is InChI=1S/C13H17N3O/c14-11-8-10-2-1-3-12(13(10)17-9-11)16-6-4-15-5-7-16/h1-3,8,15H,4-7,9,14H2. The SMILES string of the molecule is NC1=Cc2cccc(N3CCNCC3)c2OC1. The lowest BCUT2D eigenvalue weighted by atomic mass is 10.1. The van der Waals surface area contributed by atoms with Crippen molar-refractivity contribution in [1.29, 1.82) is 0 Å². The van der Waals surface area contributed by atoms with E-state index in [0.29, 0.717) is 6.61 Å². The maximum absolute atomic E-state index is 5.79. The van der Waals surface area contributed by atoms with Gasteiger partial charge in [0.05, 0.1) is 5.69 Å². The van der Waals surface area contributed by atoms with E-state index in [4.69, 9.17) is 10.5 Å². The van der Waals surface area contributed by atoms with E-state index in [2.05, 4.69) is 22.3 Å². The summed E-state index contributed by atoms with van der Waals surface area (Å²) < 4.78 is 5.76. The van der Waals surface area contributed by atoms with Crippen LogP contribution < -0.4 is 20.7 Å². The van der Waals surface area contributed by atoms with Crippen LogP contribution in [0, 0.1) is 0 Å². The third-order valence-electron chi connectivity index (χ3n) is 3.21. The van der Waals surface area contributed by atoms with Gasteiger partial charge in [0, 0.05) is 37.4 Å². The molecule has 0 unspecified atom stereocenters. The molecule has 0 spiro atoms. The number of nitrogens with two attached hydrogens (primary N) is 1. The van der Waals surface area contributed by atoms with Gasteiger partial charge in [-0.1, -0.05) is 12.1 Å². The van der Waals surface area contributed by atoms with Crippen molar-refractivity contribution in [3.63, 3.8) is 0 Å². The minimum atomic E-state index is 0.496. The Morgan fingerprint density at radius 2 is 2.06 bits per heavy atom. The largest absolute Gasteiger partial charge is 0.485 e. The smallest absolute Gasteiger partial charge is 0.150 e. The Bertz CT molecular complexity index is 450. The molecule has 2 aliphatic heterocycles. The van der Waals surface area contributed by atoms with Gasteiger partial charge in [-0.05, 0) is 12.1 Å². The van der Waals surface area contributed by atoms with E-state index in [1.54, 1.807) is 0 Å². The van der Waals surface area contributed by atoms with Gasteiger partial charge >= 0.3 is 0 Å². The number of rotatable bonds is 1. The summed E-state index contributed by atoms with van der Waals surface area (Å²) in [6, 6.07) is 6.24. The normalized spacial score (nSPS) is 19.3. The average Bonchev–Trinajstić information content (AvgIpc) is 2.39. The predicted molar refractivity (Wildman–Crippen MR) is 69.2 cm³/mol. The van der Waals surface area contributed by atoms with E-state index in [-0.39, 0.29) is 0 Å². The first kappa shape index (κ1) is 10.5. The molecule has 0 radical (unpaired) electrons. The Balaban J connectivity index is 1.97. The van der Waals surface area contributed by atoms with Crippen LogP contribution in [0.15, 0.2) is 23.9 Å². The molecule has 4 heteroatoms. The summed E-state index contributed by atoms with van der Waals surface area (Å²) in [4.78, 5) is 2.37. The second kappa shape index (κ2) is 4.30. The number of benzene rings is 1. The molecule has 4 nitrogen and oxygen atoms in total. The van der Waals surface area contributed by atoms with Gasteiger partial charge in [-0.25, -0.2) is 0 Å². The number of ether oxygens (including phenoxy) is 1. The third kappa shape index (κ3) is 1.96. The molecule has 2 heterocycles. The van der Waals surface area contributed by atoms with Gasteiger partial charge in [-0.15, -0.1) is 0 Å². The van der Waals surface area contributed by atoms with Crippen molar-refractivity contribution in [2.45, 2.75) is 0 Å². The van der Waals surface area contributed by atoms with Crippen LogP contribution in [0.4, 0.5) is 5.69 Å².